The number of sulfone groups is 1. The summed E-state index contributed by atoms with van der Waals surface area (Å²) in [4.78, 5) is 6.97. The average molecular weight is 511 g/mol. The van der Waals surface area contributed by atoms with Gasteiger partial charge in [0.2, 0.25) is 0 Å². The number of aliphatic imine (C=N–C) groups is 1. The lowest BCUT2D eigenvalue weighted by atomic mass is 10.1. The van der Waals surface area contributed by atoms with Gasteiger partial charge in [0.15, 0.2) is 15.8 Å². The molecule has 2 aliphatic rings. The van der Waals surface area contributed by atoms with Gasteiger partial charge < -0.3 is 15.0 Å². The monoisotopic (exact) mass is 511 g/mol. The number of nitrogens with one attached hydrogen (secondary N) is 1. The predicted octanol–water partition coefficient (Wildman–Crippen LogP) is 1.20. The van der Waals surface area contributed by atoms with Crippen LogP contribution in [0.3, 0.4) is 0 Å². The van der Waals surface area contributed by atoms with E-state index in [2.05, 4.69) is 22.2 Å². The fourth-order valence-corrected chi connectivity index (χ4v) is 5.24. The number of rotatable bonds is 5. The third-order valence-electron chi connectivity index (χ3n) is 4.82. The molecule has 0 aromatic carbocycles. The van der Waals surface area contributed by atoms with Crippen molar-refractivity contribution in [3.05, 3.63) is 18.0 Å². The van der Waals surface area contributed by atoms with Gasteiger partial charge in [0.25, 0.3) is 0 Å². The molecular weight excluding hydrogens is 481 g/mol. The zero-order valence-electron chi connectivity index (χ0n) is 16.0. The summed E-state index contributed by atoms with van der Waals surface area (Å²) in [6.07, 6.45) is 5.52. The predicted molar refractivity (Wildman–Crippen MR) is 116 cm³/mol. The molecular formula is C17H30IN5O3S. The third-order valence-corrected chi connectivity index (χ3v) is 6.66. The van der Waals surface area contributed by atoms with Crippen LogP contribution in [0, 0.1) is 5.92 Å². The van der Waals surface area contributed by atoms with Crippen LogP contribution < -0.4 is 5.32 Å². The Labute approximate surface area is 178 Å². The summed E-state index contributed by atoms with van der Waals surface area (Å²) in [6.45, 7) is 5.63. The minimum Gasteiger partial charge on any atom is -0.370 e. The zero-order chi connectivity index (χ0) is 18.6. The van der Waals surface area contributed by atoms with Gasteiger partial charge in [0.05, 0.1) is 30.9 Å². The Balaban J connectivity index is 0.00000261. The van der Waals surface area contributed by atoms with Gasteiger partial charge in [-0.3, -0.25) is 9.67 Å². The highest BCUT2D eigenvalue weighted by atomic mass is 127. The maximum atomic E-state index is 11.7. The van der Waals surface area contributed by atoms with Crippen LogP contribution in [0.25, 0.3) is 0 Å². The minimum atomic E-state index is -2.86. The van der Waals surface area contributed by atoms with Crippen molar-refractivity contribution in [1.82, 2.24) is 20.0 Å². The first kappa shape index (κ1) is 22.4. The molecule has 0 aliphatic carbocycles. The average Bonchev–Trinajstić information content (AvgIpc) is 3.20. The number of guanidine groups is 1. The first-order chi connectivity index (χ1) is 12.5. The largest absolute Gasteiger partial charge is 0.370 e. The molecule has 8 nitrogen and oxygen atoms in total. The van der Waals surface area contributed by atoms with Crippen molar-refractivity contribution >= 4 is 39.8 Å². The van der Waals surface area contributed by atoms with Crippen LogP contribution in [-0.2, 0) is 21.6 Å². The number of aromatic nitrogens is 2. The van der Waals surface area contributed by atoms with Crippen molar-refractivity contribution in [3.8, 4) is 0 Å². The summed E-state index contributed by atoms with van der Waals surface area (Å²) >= 11 is 0. The first-order valence-electron chi connectivity index (χ1n) is 9.30. The van der Waals surface area contributed by atoms with Crippen molar-refractivity contribution in [2.45, 2.75) is 25.9 Å². The second kappa shape index (κ2) is 10.1. The fraction of sp³-hybridized carbons (Fsp3) is 0.765. The Hall–Kier alpha value is -0.880. The zero-order valence-corrected chi connectivity index (χ0v) is 19.2. The number of morpholine rings is 1. The Bertz CT molecular complexity index is 737. The summed E-state index contributed by atoms with van der Waals surface area (Å²) in [5, 5.41) is 7.64. The highest BCUT2D eigenvalue weighted by molar-refractivity contribution is 14.0. The standard InChI is InChI=1S/C17H29N5O3S.HI/c1-3-5-18-17(19-9-14-4-8-26(23,24)13-14)22-6-7-25-16(12-22)15-10-20-21(2)11-15;/h10-11,14,16H,3-9,12-13H2,1-2H3,(H,18,19);1H. The van der Waals surface area contributed by atoms with E-state index >= 15 is 0 Å². The van der Waals surface area contributed by atoms with E-state index in [-0.39, 0.29) is 41.8 Å². The van der Waals surface area contributed by atoms with E-state index in [0.717, 1.165) is 31.0 Å². The van der Waals surface area contributed by atoms with E-state index in [1.807, 2.05) is 19.4 Å². The molecule has 2 saturated heterocycles. The van der Waals surface area contributed by atoms with Crippen LogP contribution in [0.4, 0.5) is 0 Å². The Morgan fingerprint density at radius 1 is 1.48 bits per heavy atom. The topological polar surface area (TPSA) is 88.8 Å². The van der Waals surface area contributed by atoms with E-state index in [4.69, 9.17) is 9.73 Å². The fourth-order valence-electron chi connectivity index (χ4n) is 3.39. The van der Waals surface area contributed by atoms with E-state index in [1.165, 1.54) is 0 Å². The van der Waals surface area contributed by atoms with Crippen molar-refractivity contribution in [1.29, 1.82) is 0 Å². The van der Waals surface area contributed by atoms with E-state index < -0.39 is 9.84 Å². The molecule has 1 aromatic heterocycles. The maximum absolute atomic E-state index is 11.7. The normalized spacial score (nSPS) is 25.3. The van der Waals surface area contributed by atoms with Gasteiger partial charge in [0, 0.05) is 38.4 Å². The molecule has 10 heteroatoms. The van der Waals surface area contributed by atoms with Crippen LogP contribution in [0.2, 0.25) is 0 Å². The van der Waals surface area contributed by atoms with E-state index in [0.29, 0.717) is 31.9 Å². The van der Waals surface area contributed by atoms with Crippen molar-refractivity contribution < 1.29 is 13.2 Å². The summed E-state index contributed by atoms with van der Waals surface area (Å²) < 4.78 is 31.0. The Morgan fingerprint density at radius 3 is 2.93 bits per heavy atom. The van der Waals surface area contributed by atoms with Gasteiger partial charge >= 0.3 is 0 Å². The van der Waals surface area contributed by atoms with Gasteiger partial charge in [-0.15, -0.1) is 24.0 Å². The van der Waals surface area contributed by atoms with Gasteiger partial charge in [0.1, 0.15) is 6.10 Å². The van der Waals surface area contributed by atoms with E-state index in [9.17, 15) is 8.42 Å². The number of aryl methyl sites for hydroxylation is 1. The second-order valence-electron chi connectivity index (χ2n) is 7.11. The number of nitrogens with zero attached hydrogens (tertiary/aromatic N) is 4. The summed E-state index contributed by atoms with van der Waals surface area (Å²) in [7, 11) is -0.962. The molecule has 3 heterocycles. The molecule has 2 aliphatic heterocycles. The van der Waals surface area contributed by atoms with Crippen molar-refractivity contribution in [2.75, 3.05) is 44.3 Å². The summed E-state index contributed by atoms with van der Waals surface area (Å²) in [6, 6.07) is 0. The van der Waals surface area contributed by atoms with Gasteiger partial charge in [-0.2, -0.15) is 5.10 Å². The van der Waals surface area contributed by atoms with Gasteiger partial charge in [-0.25, -0.2) is 8.42 Å². The molecule has 0 amide bonds. The second-order valence-corrected chi connectivity index (χ2v) is 9.34. The molecule has 0 spiro atoms. The summed E-state index contributed by atoms with van der Waals surface area (Å²) in [5.41, 5.74) is 1.06. The number of halogens is 1. The molecule has 27 heavy (non-hydrogen) atoms. The lowest BCUT2D eigenvalue weighted by Crippen LogP contribution is -2.48. The minimum absolute atomic E-state index is 0. The molecule has 1 aromatic rings. The van der Waals surface area contributed by atoms with Crippen LogP contribution in [0.15, 0.2) is 17.4 Å². The quantitative estimate of drug-likeness (QED) is 0.363. The smallest absolute Gasteiger partial charge is 0.194 e. The molecule has 0 saturated carbocycles. The molecule has 154 valence electrons. The molecule has 0 radical (unpaired) electrons. The molecule has 2 fully saturated rings. The number of hydrogen-bond acceptors (Lipinski definition) is 5. The summed E-state index contributed by atoms with van der Waals surface area (Å²) in [5.74, 6) is 1.55. The lowest BCUT2D eigenvalue weighted by Gasteiger charge is -2.35. The van der Waals surface area contributed by atoms with Gasteiger partial charge in [-0.1, -0.05) is 6.92 Å². The lowest BCUT2D eigenvalue weighted by molar-refractivity contribution is -0.00808. The highest BCUT2D eigenvalue weighted by Crippen LogP contribution is 2.22. The highest BCUT2D eigenvalue weighted by Gasteiger charge is 2.29. The first-order valence-corrected chi connectivity index (χ1v) is 11.1. The molecule has 3 rings (SSSR count). The third kappa shape index (κ3) is 6.31. The van der Waals surface area contributed by atoms with Crippen molar-refractivity contribution in [3.63, 3.8) is 0 Å². The Kier molecular flexibility index (Phi) is 8.35. The van der Waals surface area contributed by atoms with Crippen LogP contribution in [-0.4, -0.2) is 73.3 Å². The number of ether oxygens (including phenoxy) is 1. The SMILES string of the molecule is CCCNC(=NCC1CCS(=O)(=O)C1)N1CCOC(c2cnn(C)c2)C1.I. The molecule has 1 N–H and O–H groups in total. The maximum Gasteiger partial charge on any atom is 0.194 e. The molecule has 2 atom stereocenters. The number of hydrogen-bond donors (Lipinski definition) is 1. The Morgan fingerprint density at radius 2 is 2.30 bits per heavy atom. The molecule has 0 bridgehead atoms. The van der Waals surface area contributed by atoms with E-state index in [1.54, 1.807) is 4.68 Å². The van der Waals surface area contributed by atoms with Crippen LogP contribution in [0.5, 0.6) is 0 Å². The van der Waals surface area contributed by atoms with Gasteiger partial charge in [-0.05, 0) is 18.8 Å². The molecule has 2 unspecified atom stereocenters. The van der Waals surface area contributed by atoms with Crippen molar-refractivity contribution in [2.24, 2.45) is 18.0 Å². The van der Waals surface area contributed by atoms with Crippen LogP contribution >= 0.6 is 24.0 Å². The van der Waals surface area contributed by atoms with Crippen LogP contribution in [0.1, 0.15) is 31.4 Å².